The van der Waals surface area contributed by atoms with Crippen molar-refractivity contribution in [1.29, 1.82) is 10.5 Å². The number of hydrogen-bond donors (Lipinski definition) is 1. The van der Waals surface area contributed by atoms with Crippen molar-refractivity contribution < 1.29 is 4.74 Å². The Labute approximate surface area is 117 Å². The first-order chi connectivity index (χ1) is 9.63. The number of ether oxygens (including phenoxy) is 1. The first kappa shape index (κ1) is 13.5. The van der Waals surface area contributed by atoms with Crippen molar-refractivity contribution in [3.8, 4) is 23.6 Å². The number of nitriles is 2. The standard InChI is InChI=1S/C16H13N3O/c1-11-2-3-12(10-18)8-16(11)20-14-4-5-15(19)13(9-14)6-7-17/h2-5,8-9H,6,19H2,1H3. The van der Waals surface area contributed by atoms with Crippen LogP contribution < -0.4 is 10.5 Å². The van der Waals surface area contributed by atoms with Gasteiger partial charge >= 0.3 is 0 Å². The summed E-state index contributed by atoms with van der Waals surface area (Å²) >= 11 is 0. The summed E-state index contributed by atoms with van der Waals surface area (Å²) in [5.74, 6) is 1.22. The quantitative estimate of drug-likeness (QED) is 0.861. The fraction of sp³-hybridized carbons (Fsp3) is 0.125. The summed E-state index contributed by atoms with van der Waals surface area (Å²) in [6.45, 7) is 1.91. The van der Waals surface area contributed by atoms with Crippen LogP contribution in [-0.2, 0) is 6.42 Å². The molecule has 0 fully saturated rings. The molecule has 2 aromatic rings. The number of rotatable bonds is 3. The highest BCUT2D eigenvalue weighted by atomic mass is 16.5. The number of nitrogen functional groups attached to an aromatic ring is 1. The Morgan fingerprint density at radius 2 is 1.95 bits per heavy atom. The Kier molecular flexibility index (Phi) is 3.88. The predicted molar refractivity (Wildman–Crippen MR) is 76.1 cm³/mol. The molecule has 0 bridgehead atoms. The van der Waals surface area contributed by atoms with Gasteiger partial charge in [0, 0.05) is 5.69 Å². The second kappa shape index (κ2) is 5.77. The van der Waals surface area contributed by atoms with Gasteiger partial charge in [-0.1, -0.05) is 6.07 Å². The normalized spacial score (nSPS) is 9.55. The largest absolute Gasteiger partial charge is 0.457 e. The van der Waals surface area contributed by atoms with Crippen molar-refractivity contribution in [2.75, 3.05) is 5.73 Å². The number of benzene rings is 2. The molecule has 20 heavy (non-hydrogen) atoms. The van der Waals surface area contributed by atoms with E-state index in [1.54, 1.807) is 30.3 Å². The summed E-state index contributed by atoms with van der Waals surface area (Å²) < 4.78 is 5.78. The Morgan fingerprint density at radius 3 is 2.65 bits per heavy atom. The van der Waals surface area contributed by atoms with E-state index in [2.05, 4.69) is 12.1 Å². The maximum absolute atomic E-state index is 8.91. The van der Waals surface area contributed by atoms with E-state index in [4.69, 9.17) is 21.0 Å². The lowest BCUT2D eigenvalue weighted by atomic mass is 10.1. The number of nitrogens with zero attached hydrogens (tertiary/aromatic N) is 2. The van der Waals surface area contributed by atoms with Gasteiger partial charge in [0.2, 0.25) is 0 Å². The monoisotopic (exact) mass is 263 g/mol. The molecule has 0 saturated carbocycles. The van der Waals surface area contributed by atoms with E-state index in [0.717, 1.165) is 11.1 Å². The Balaban J connectivity index is 2.33. The minimum atomic E-state index is 0.236. The molecule has 0 atom stereocenters. The van der Waals surface area contributed by atoms with Crippen LogP contribution in [0, 0.1) is 29.6 Å². The zero-order valence-corrected chi connectivity index (χ0v) is 11.1. The third-order valence-electron chi connectivity index (χ3n) is 2.93. The van der Waals surface area contributed by atoms with Gasteiger partial charge < -0.3 is 10.5 Å². The van der Waals surface area contributed by atoms with Crippen LogP contribution in [0.1, 0.15) is 16.7 Å². The molecule has 2 N–H and O–H groups in total. The van der Waals surface area contributed by atoms with Crippen molar-refractivity contribution in [3.05, 3.63) is 53.1 Å². The highest BCUT2D eigenvalue weighted by molar-refractivity contribution is 5.53. The Bertz CT molecular complexity index is 723. The molecule has 0 unspecified atom stereocenters. The van der Waals surface area contributed by atoms with Crippen LogP contribution in [0.4, 0.5) is 5.69 Å². The summed E-state index contributed by atoms with van der Waals surface area (Å²) in [6, 6.07) is 14.6. The lowest BCUT2D eigenvalue weighted by Gasteiger charge is -2.11. The van der Waals surface area contributed by atoms with Gasteiger partial charge in [-0.2, -0.15) is 10.5 Å². The van der Waals surface area contributed by atoms with Gasteiger partial charge in [-0.25, -0.2) is 0 Å². The Hall–Kier alpha value is -2.98. The van der Waals surface area contributed by atoms with Crippen molar-refractivity contribution in [3.63, 3.8) is 0 Å². The SMILES string of the molecule is Cc1ccc(C#N)cc1Oc1ccc(N)c(CC#N)c1. The highest BCUT2D eigenvalue weighted by Crippen LogP contribution is 2.28. The molecule has 0 amide bonds. The Morgan fingerprint density at radius 1 is 1.15 bits per heavy atom. The number of hydrogen-bond acceptors (Lipinski definition) is 4. The minimum Gasteiger partial charge on any atom is -0.457 e. The van der Waals surface area contributed by atoms with E-state index >= 15 is 0 Å². The maximum atomic E-state index is 8.91. The van der Waals surface area contributed by atoms with Gasteiger partial charge in [-0.3, -0.25) is 0 Å². The molecule has 0 spiro atoms. The lowest BCUT2D eigenvalue weighted by Crippen LogP contribution is -1.95. The van der Waals surface area contributed by atoms with Crippen LogP contribution in [0.5, 0.6) is 11.5 Å². The third kappa shape index (κ3) is 2.88. The average molecular weight is 263 g/mol. The number of aryl methyl sites for hydroxylation is 1. The molecule has 98 valence electrons. The van der Waals surface area contributed by atoms with Gasteiger partial charge in [0.1, 0.15) is 11.5 Å². The minimum absolute atomic E-state index is 0.236. The van der Waals surface area contributed by atoms with Crippen molar-refractivity contribution >= 4 is 5.69 Å². The van der Waals surface area contributed by atoms with Crippen molar-refractivity contribution in [2.24, 2.45) is 0 Å². The van der Waals surface area contributed by atoms with Gasteiger partial charge in [-0.15, -0.1) is 0 Å². The summed E-state index contributed by atoms with van der Waals surface area (Å²) in [5.41, 5.74) is 8.57. The smallest absolute Gasteiger partial charge is 0.131 e. The molecule has 0 heterocycles. The van der Waals surface area contributed by atoms with E-state index < -0.39 is 0 Å². The molecule has 2 aromatic carbocycles. The maximum Gasteiger partial charge on any atom is 0.131 e. The topological polar surface area (TPSA) is 82.8 Å². The molecule has 0 aromatic heterocycles. The fourth-order valence-electron chi connectivity index (χ4n) is 1.79. The highest BCUT2D eigenvalue weighted by Gasteiger charge is 2.06. The number of anilines is 1. The van der Waals surface area contributed by atoms with E-state index in [0.29, 0.717) is 22.7 Å². The van der Waals surface area contributed by atoms with Crippen LogP contribution in [0.2, 0.25) is 0 Å². The van der Waals surface area contributed by atoms with E-state index in [1.807, 2.05) is 13.0 Å². The fourth-order valence-corrected chi connectivity index (χ4v) is 1.79. The summed E-state index contributed by atoms with van der Waals surface area (Å²) in [7, 11) is 0. The first-order valence-corrected chi connectivity index (χ1v) is 6.08. The number of nitrogens with two attached hydrogens (primary N) is 1. The van der Waals surface area contributed by atoms with E-state index in [1.165, 1.54) is 0 Å². The molecule has 0 aliphatic carbocycles. The van der Waals surface area contributed by atoms with Gasteiger partial charge in [0.15, 0.2) is 0 Å². The molecule has 0 aliphatic heterocycles. The third-order valence-corrected chi connectivity index (χ3v) is 2.93. The van der Waals surface area contributed by atoms with Crippen LogP contribution >= 0.6 is 0 Å². The van der Waals surface area contributed by atoms with Gasteiger partial charge in [0.05, 0.1) is 24.1 Å². The summed E-state index contributed by atoms with van der Waals surface area (Å²) in [6.07, 6.45) is 0.236. The average Bonchev–Trinajstić information content (AvgIpc) is 2.45. The summed E-state index contributed by atoms with van der Waals surface area (Å²) in [5, 5.41) is 17.7. The second-order valence-corrected chi connectivity index (χ2v) is 4.39. The first-order valence-electron chi connectivity index (χ1n) is 6.08. The molecule has 0 saturated heterocycles. The van der Waals surface area contributed by atoms with Crippen molar-refractivity contribution in [2.45, 2.75) is 13.3 Å². The predicted octanol–water partition coefficient (Wildman–Crippen LogP) is 3.31. The zero-order chi connectivity index (χ0) is 14.5. The molecule has 2 rings (SSSR count). The van der Waals surface area contributed by atoms with Gasteiger partial charge in [0.25, 0.3) is 0 Å². The lowest BCUT2D eigenvalue weighted by molar-refractivity contribution is 0.478. The second-order valence-electron chi connectivity index (χ2n) is 4.39. The zero-order valence-electron chi connectivity index (χ0n) is 11.1. The van der Waals surface area contributed by atoms with Crippen LogP contribution in [0.15, 0.2) is 36.4 Å². The van der Waals surface area contributed by atoms with E-state index in [-0.39, 0.29) is 6.42 Å². The van der Waals surface area contributed by atoms with Crippen LogP contribution in [0.3, 0.4) is 0 Å². The van der Waals surface area contributed by atoms with Crippen LogP contribution in [-0.4, -0.2) is 0 Å². The van der Waals surface area contributed by atoms with Crippen LogP contribution in [0.25, 0.3) is 0 Å². The van der Waals surface area contributed by atoms with Crippen molar-refractivity contribution in [1.82, 2.24) is 0 Å². The molecular formula is C16H13N3O. The molecule has 0 aliphatic rings. The van der Waals surface area contributed by atoms with Gasteiger partial charge in [-0.05, 0) is 48.4 Å². The molecule has 4 nitrogen and oxygen atoms in total. The molecule has 0 radical (unpaired) electrons. The summed E-state index contributed by atoms with van der Waals surface area (Å²) in [4.78, 5) is 0. The molecule has 4 heteroatoms. The molecular weight excluding hydrogens is 250 g/mol. The van der Waals surface area contributed by atoms with E-state index in [9.17, 15) is 0 Å².